The average molecular weight is 410 g/mol. The lowest BCUT2D eigenvalue weighted by Gasteiger charge is -2.17. The van der Waals surface area contributed by atoms with Crippen LogP contribution in [0.4, 0.5) is 0 Å². The Hall–Kier alpha value is 0.250. The van der Waals surface area contributed by atoms with E-state index in [2.05, 4.69) is 55.2 Å². The molecule has 6 heteroatoms. The summed E-state index contributed by atoms with van der Waals surface area (Å²) in [5.41, 5.74) is 1.32. The molecule has 0 aliphatic carbocycles. The van der Waals surface area contributed by atoms with E-state index in [1.165, 1.54) is 14.4 Å². The first kappa shape index (κ1) is 14.7. The van der Waals surface area contributed by atoms with Gasteiger partial charge in [-0.3, -0.25) is 0 Å². The van der Waals surface area contributed by atoms with Gasteiger partial charge in [0.1, 0.15) is 0 Å². The van der Waals surface area contributed by atoms with E-state index in [1.54, 1.807) is 22.7 Å². The summed E-state index contributed by atoms with van der Waals surface area (Å²) >= 11 is 10.6. The molecule has 2 nitrogen and oxygen atoms in total. The summed E-state index contributed by atoms with van der Waals surface area (Å²) in [6.45, 7) is 3.21. The Morgan fingerprint density at radius 3 is 2.83 bits per heavy atom. The van der Waals surface area contributed by atoms with E-state index in [0.717, 1.165) is 23.2 Å². The van der Waals surface area contributed by atoms with Crippen LogP contribution < -0.4 is 5.32 Å². The van der Waals surface area contributed by atoms with Crippen molar-refractivity contribution in [2.45, 2.75) is 25.8 Å². The van der Waals surface area contributed by atoms with Gasteiger partial charge in [0.25, 0.3) is 0 Å². The normalized spacial score (nSPS) is 12.8. The molecular weight excluding hydrogens is 396 g/mol. The van der Waals surface area contributed by atoms with Gasteiger partial charge in [-0.15, -0.1) is 22.7 Å². The molecule has 98 valence electrons. The van der Waals surface area contributed by atoms with E-state index >= 15 is 0 Å². The van der Waals surface area contributed by atoms with Gasteiger partial charge in [0, 0.05) is 24.0 Å². The molecular formula is C12H14Br2N2S2. The summed E-state index contributed by atoms with van der Waals surface area (Å²) in [5.74, 6) is 0. The van der Waals surface area contributed by atoms with E-state index in [9.17, 15) is 0 Å². The first-order valence-corrected chi connectivity index (χ1v) is 9.05. The van der Waals surface area contributed by atoms with Crippen LogP contribution in [0.25, 0.3) is 0 Å². The first-order valence-electron chi connectivity index (χ1n) is 5.77. The zero-order valence-electron chi connectivity index (χ0n) is 9.95. The van der Waals surface area contributed by atoms with Crippen molar-refractivity contribution in [3.05, 3.63) is 35.8 Å². The van der Waals surface area contributed by atoms with Crippen LogP contribution >= 0.6 is 54.5 Å². The topological polar surface area (TPSA) is 24.9 Å². The molecule has 0 radical (unpaired) electrons. The van der Waals surface area contributed by atoms with Crippen molar-refractivity contribution >= 4 is 54.5 Å². The molecule has 1 unspecified atom stereocenters. The van der Waals surface area contributed by atoms with Crippen molar-refractivity contribution in [3.8, 4) is 0 Å². The van der Waals surface area contributed by atoms with Crippen molar-refractivity contribution in [1.82, 2.24) is 10.3 Å². The second-order valence-corrected chi connectivity index (χ2v) is 8.64. The zero-order chi connectivity index (χ0) is 13.0. The molecule has 0 aliphatic heterocycles. The maximum Gasteiger partial charge on any atom is 0.0943 e. The lowest BCUT2D eigenvalue weighted by molar-refractivity contribution is 0.528. The predicted molar refractivity (Wildman–Crippen MR) is 86.6 cm³/mol. The van der Waals surface area contributed by atoms with Crippen LogP contribution in [-0.2, 0) is 6.42 Å². The van der Waals surface area contributed by atoms with Crippen LogP contribution in [0.1, 0.15) is 30.0 Å². The maximum atomic E-state index is 4.38. The lowest BCUT2D eigenvalue weighted by atomic mass is 10.1. The van der Waals surface area contributed by atoms with Crippen molar-refractivity contribution in [2.24, 2.45) is 0 Å². The van der Waals surface area contributed by atoms with Gasteiger partial charge in [-0.1, -0.05) is 6.92 Å². The largest absolute Gasteiger partial charge is 0.310 e. The fourth-order valence-electron chi connectivity index (χ4n) is 1.73. The smallest absolute Gasteiger partial charge is 0.0943 e. The molecule has 0 aliphatic rings. The molecule has 0 aromatic carbocycles. The first-order chi connectivity index (χ1) is 8.70. The van der Waals surface area contributed by atoms with E-state index in [4.69, 9.17) is 0 Å². The fraction of sp³-hybridized carbons (Fsp3) is 0.417. The minimum atomic E-state index is 0.327. The number of nitrogens with one attached hydrogen (secondary N) is 1. The summed E-state index contributed by atoms with van der Waals surface area (Å²) in [6, 6.07) is 2.52. The third-order valence-electron chi connectivity index (χ3n) is 2.56. The van der Waals surface area contributed by atoms with E-state index in [-0.39, 0.29) is 0 Å². The summed E-state index contributed by atoms with van der Waals surface area (Å²) in [7, 11) is 0. The average Bonchev–Trinajstić information content (AvgIpc) is 2.94. The van der Waals surface area contributed by atoms with Gasteiger partial charge in [0.05, 0.1) is 12.6 Å². The molecule has 2 heterocycles. The molecule has 0 fully saturated rings. The van der Waals surface area contributed by atoms with Gasteiger partial charge < -0.3 is 5.32 Å². The molecule has 0 spiro atoms. The Balaban J connectivity index is 2.16. The Bertz CT molecular complexity index is 482. The molecule has 0 saturated heterocycles. The SMILES string of the molecule is CCCNC(Cc1nccs1)c1cc(Br)sc1Br. The molecule has 2 rings (SSSR count). The third kappa shape index (κ3) is 3.87. The molecule has 1 N–H and O–H groups in total. The van der Waals surface area contributed by atoms with Gasteiger partial charge in [-0.05, 0) is 56.5 Å². The number of hydrogen-bond acceptors (Lipinski definition) is 4. The minimum Gasteiger partial charge on any atom is -0.310 e. The van der Waals surface area contributed by atoms with Crippen LogP contribution in [0.15, 0.2) is 25.2 Å². The van der Waals surface area contributed by atoms with Crippen LogP contribution in [-0.4, -0.2) is 11.5 Å². The number of aromatic nitrogens is 1. The van der Waals surface area contributed by atoms with Crippen molar-refractivity contribution in [1.29, 1.82) is 0 Å². The second-order valence-electron chi connectivity index (χ2n) is 3.92. The highest BCUT2D eigenvalue weighted by Crippen LogP contribution is 2.36. The lowest BCUT2D eigenvalue weighted by Crippen LogP contribution is -2.23. The fourth-order valence-corrected chi connectivity index (χ4v) is 5.37. The van der Waals surface area contributed by atoms with E-state index in [1.807, 2.05) is 11.6 Å². The Morgan fingerprint density at radius 1 is 1.44 bits per heavy atom. The molecule has 0 amide bonds. The summed E-state index contributed by atoms with van der Waals surface area (Å²) < 4.78 is 2.35. The zero-order valence-corrected chi connectivity index (χ0v) is 14.8. The maximum absolute atomic E-state index is 4.38. The molecule has 0 bridgehead atoms. The summed E-state index contributed by atoms with van der Waals surface area (Å²) in [4.78, 5) is 4.38. The number of nitrogens with zero attached hydrogens (tertiary/aromatic N) is 1. The quantitative estimate of drug-likeness (QED) is 0.724. The standard InChI is InChI=1S/C12H14Br2N2S2/c1-2-3-15-9(7-11-16-4-5-17-11)8-6-10(13)18-12(8)14/h4-6,9,15H,2-3,7H2,1H3. The second kappa shape index (κ2) is 7.14. The molecule has 0 saturated carbocycles. The van der Waals surface area contributed by atoms with Crippen molar-refractivity contribution in [2.75, 3.05) is 6.54 Å². The van der Waals surface area contributed by atoms with Gasteiger partial charge in [0.15, 0.2) is 0 Å². The molecule has 18 heavy (non-hydrogen) atoms. The van der Waals surface area contributed by atoms with Crippen LogP contribution in [0.2, 0.25) is 0 Å². The number of halogens is 2. The highest BCUT2D eigenvalue weighted by molar-refractivity contribution is 9.12. The summed E-state index contributed by atoms with van der Waals surface area (Å²) in [5, 5.41) is 6.81. The van der Waals surface area contributed by atoms with Crippen molar-refractivity contribution in [3.63, 3.8) is 0 Å². The highest BCUT2D eigenvalue weighted by Gasteiger charge is 2.18. The van der Waals surface area contributed by atoms with Gasteiger partial charge >= 0.3 is 0 Å². The number of thiophene rings is 1. The number of hydrogen-bond donors (Lipinski definition) is 1. The van der Waals surface area contributed by atoms with Gasteiger partial charge in [-0.25, -0.2) is 4.98 Å². The monoisotopic (exact) mass is 408 g/mol. The Labute approximate surface area is 132 Å². The molecule has 2 aromatic heterocycles. The van der Waals surface area contributed by atoms with Crippen LogP contribution in [0, 0.1) is 0 Å². The van der Waals surface area contributed by atoms with E-state index in [0.29, 0.717) is 6.04 Å². The molecule has 2 aromatic rings. The summed E-state index contributed by atoms with van der Waals surface area (Å²) in [6.07, 6.45) is 3.95. The highest BCUT2D eigenvalue weighted by atomic mass is 79.9. The number of thiazole rings is 1. The van der Waals surface area contributed by atoms with E-state index < -0.39 is 0 Å². The number of rotatable bonds is 6. The van der Waals surface area contributed by atoms with Crippen LogP contribution in [0.3, 0.4) is 0 Å². The van der Waals surface area contributed by atoms with Crippen molar-refractivity contribution < 1.29 is 0 Å². The Morgan fingerprint density at radius 2 is 2.28 bits per heavy atom. The van der Waals surface area contributed by atoms with Gasteiger partial charge in [-0.2, -0.15) is 0 Å². The minimum absolute atomic E-state index is 0.327. The predicted octanol–water partition coefficient (Wildman–Crippen LogP) is 5.01. The van der Waals surface area contributed by atoms with Gasteiger partial charge in [0.2, 0.25) is 0 Å². The Kier molecular flexibility index (Phi) is 5.82. The van der Waals surface area contributed by atoms with Crippen LogP contribution in [0.5, 0.6) is 0 Å². The molecule has 1 atom stereocenters. The third-order valence-corrected chi connectivity index (χ3v) is 5.75.